The van der Waals surface area contributed by atoms with E-state index >= 15 is 0 Å². The van der Waals surface area contributed by atoms with Crippen LogP contribution in [0.1, 0.15) is 11.5 Å². The molecule has 0 N–H and O–H groups in total. The summed E-state index contributed by atoms with van der Waals surface area (Å²) >= 11 is 11.1. The lowest BCUT2D eigenvalue weighted by molar-refractivity contribution is 0.390. The van der Waals surface area contributed by atoms with Crippen LogP contribution in [0.4, 0.5) is 0 Å². The number of hydrogen-bond donors (Lipinski definition) is 0. The van der Waals surface area contributed by atoms with Crippen LogP contribution in [0, 0.1) is 6.92 Å². The number of hydrogen-bond acceptors (Lipinski definition) is 2. The van der Waals surface area contributed by atoms with Crippen LogP contribution in [-0.2, 0) is 5.88 Å². The number of aryl methyl sites for hydroxylation is 1. The fourth-order valence-corrected chi connectivity index (χ4v) is 0.875. The van der Waals surface area contributed by atoms with Crippen molar-refractivity contribution in [1.29, 1.82) is 0 Å². The molecule has 0 spiro atoms. The molecule has 1 rings (SSSR count). The summed E-state index contributed by atoms with van der Waals surface area (Å²) in [5, 5.41) is 4.13. The molecule has 0 saturated heterocycles. The first-order valence-corrected chi connectivity index (χ1v) is 3.33. The minimum absolute atomic E-state index is 0.277. The fourth-order valence-electron chi connectivity index (χ4n) is 0.489. The number of rotatable bonds is 1. The van der Waals surface area contributed by atoms with Gasteiger partial charge in [-0.15, -0.1) is 11.6 Å². The second kappa shape index (κ2) is 2.58. The van der Waals surface area contributed by atoms with Crippen molar-refractivity contribution in [2.24, 2.45) is 0 Å². The Morgan fingerprint density at radius 1 is 1.67 bits per heavy atom. The molecule has 0 amide bonds. The van der Waals surface area contributed by atoms with E-state index in [4.69, 9.17) is 27.7 Å². The molecule has 50 valence electrons. The van der Waals surface area contributed by atoms with Crippen LogP contribution in [0.2, 0.25) is 5.02 Å². The van der Waals surface area contributed by atoms with E-state index in [0.717, 1.165) is 0 Å². The first-order valence-electron chi connectivity index (χ1n) is 2.42. The molecule has 0 aliphatic carbocycles. The predicted octanol–water partition coefficient (Wildman–Crippen LogP) is 2.38. The van der Waals surface area contributed by atoms with E-state index in [1.807, 2.05) is 0 Å². The lowest BCUT2D eigenvalue weighted by Gasteiger charge is -1.82. The molecule has 0 aromatic carbocycles. The van der Waals surface area contributed by atoms with Gasteiger partial charge in [-0.25, -0.2) is 0 Å². The lowest BCUT2D eigenvalue weighted by Crippen LogP contribution is -1.70. The Balaban J connectivity index is 3.04. The smallest absolute Gasteiger partial charge is 0.170 e. The minimum Gasteiger partial charge on any atom is -0.358 e. The molecule has 0 atom stereocenters. The number of aromatic nitrogens is 1. The third kappa shape index (κ3) is 1.19. The first-order chi connectivity index (χ1) is 4.25. The maximum Gasteiger partial charge on any atom is 0.170 e. The van der Waals surface area contributed by atoms with Gasteiger partial charge in [-0.05, 0) is 6.92 Å². The standard InChI is InChI=1S/C5H5Cl2NO/c1-3-5(7)4(2-6)9-8-3/h2H2,1H3. The molecule has 9 heavy (non-hydrogen) atoms. The van der Waals surface area contributed by atoms with Gasteiger partial charge in [-0.2, -0.15) is 0 Å². The van der Waals surface area contributed by atoms with Crippen LogP contribution in [0.3, 0.4) is 0 Å². The van der Waals surface area contributed by atoms with Gasteiger partial charge in [0.15, 0.2) is 5.76 Å². The molecule has 1 aromatic rings. The van der Waals surface area contributed by atoms with Gasteiger partial charge in [0.05, 0.1) is 11.6 Å². The summed E-state index contributed by atoms with van der Waals surface area (Å²) in [6, 6.07) is 0. The van der Waals surface area contributed by atoms with E-state index in [9.17, 15) is 0 Å². The first kappa shape index (κ1) is 6.90. The van der Waals surface area contributed by atoms with Crippen molar-refractivity contribution in [1.82, 2.24) is 5.16 Å². The Hall–Kier alpha value is -0.210. The molecule has 0 aliphatic heterocycles. The predicted molar refractivity (Wildman–Crippen MR) is 35.8 cm³/mol. The number of alkyl halides is 1. The maximum atomic E-state index is 5.67. The van der Waals surface area contributed by atoms with E-state index in [1.165, 1.54) is 0 Å². The molecule has 0 unspecified atom stereocenters. The second-order valence-electron chi connectivity index (χ2n) is 1.64. The number of halogens is 2. The van der Waals surface area contributed by atoms with Gasteiger partial charge >= 0.3 is 0 Å². The highest BCUT2D eigenvalue weighted by Gasteiger charge is 2.07. The molecule has 0 saturated carbocycles. The molecule has 0 bridgehead atoms. The summed E-state index contributed by atoms with van der Waals surface area (Å²) in [7, 11) is 0. The van der Waals surface area contributed by atoms with Crippen molar-refractivity contribution >= 4 is 23.2 Å². The third-order valence-corrected chi connectivity index (χ3v) is 1.70. The molecular weight excluding hydrogens is 161 g/mol. The van der Waals surface area contributed by atoms with Gasteiger partial charge in [0.2, 0.25) is 0 Å². The Kier molecular flexibility index (Phi) is 1.98. The number of nitrogens with zero attached hydrogens (tertiary/aromatic N) is 1. The molecule has 1 heterocycles. The van der Waals surface area contributed by atoms with Crippen molar-refractivity contribution in [3.8, 4) is 0 Å². The average molecular weight is 166 g/mol. The largest absolute Gasteiger partial charge is 0.358 e. The highest BCUT2D eigenvalue weighted by Crippen LogP contribution is 2.20. The van der Waals surface area contributed by atoms with Gasteiger partial charge < -0.3 is 4.52 Å². The summed E-state index contributed by atoms with van der Waals surface area (Å²) < 4.78 is 4.73. The van der Waals surface area contributed by atoms with Crippen molar-refractivity contribution < 1.29 is 4.52 Å². The fraction of sp³-hybridized carbons (Fsp3) is 0.400. The lowest BCUT2D eigenvalue weighted by atomic mass is 10.4. The Morgan fingerprint density at radius 3 is 2.56 bits per heavy atom. The van der Waals surface area contributed by atoms with Crippen LogP contribution in [0.25, 0.3) is 0 Å². The molecule has 0 aliphatic rings. The quantitative estimate of drug-likeness (QED) is 0.598. The van der Waals surface area contributed by atoms with Crippen molar-refractivity contribution in [2.75, 3.05) is 0 Å². The van der Waals surface area contributed by atoms with Gasteiger partial charge in [0.25, 0.3) is 0 Å². The Labute approximate surface area is 62.7 Å². The Bertz CT molecular complexity index is 209. The summed E-state index contributed by atoms with van der Waals surface area (Å²) in [6.07, 6.45) is 0. The zero-order valence-corrected chi connectivity index (χ0v) is 6.33. The average Bonchev–Trinajstić information content (AvgIpc) is 2.15. The van der Waals surface area contributed by atoms with E-state index in [1.54, 1.807) is 6.92 Å². The summed E-state index contributed by atoms with van der Waals surface area (Å²) in [5.41, 5.74) is 0.687. The van der Waals surface area contributed by atoms with Gasteiger partial charge in [-0.3, -0.25) is 0 Å². The second-order valence-corrected chi connectivity index (χ2v) is 2.28. The highest BCUT2D eigenvalue weighted by atomic mass is 35.5. The van der Waals surface area contributed by atoms with Crippen LogP contribution in [0.15, 0.2) is 4.52 Å². The maximum absolute atomic E-state index is 5.67. The van der Waals surface area contributed by atoms with Gasteiger partial charge in [0.1, 0.15) is 5.02 Å². The zero-order chi connectivity index (χ0) is 6.85. The molecule has 1 aromatic heterocycles. The van der Waals surface area contributed by atoms with E-state index < -0.39 is 0 Å². The summed E-state index contributed by atoms with van der Waals surface area (Å²) in [5.74, 6) is 0.815. The molecule has 2 nitrogen and oxygen atoms in total. The normalized spacial score (nSPS) is 10.1. The highest BCUT2D eigenvalue weighted by molar-refractivity contribution is 6.32. The monoisotopic (exact) mass is 165 g/mol. The zero-order valence-electron chi connectivity index (χ0n) is 4.82. The van der Waals surface area contributed by atoms with Crippen LogP contribution in [0.5, 0.6) is 0 Å². The van der Waals surface area contributed by atoms with Crippen LogP contribution >= 0.6 is 23.2 Å². The van der Waals surface area contributed by atoms with Crippen molar-refractivity contribution in [3.63, 3.8) is 0 Å². The molecule has 0 radical (unpaired) electrons. The molecule has 0 fully saturated rings. The summed E-state index contributed by atoms with van der Waals surface area (Å²) in [6.45, 7) is 1.77. The van der Waals surface area contributed by atoms with Crippen molar-refractivity contribution in [2.45, 2.75) is 12.8 Å². The van der Waals surface area contributed by atoms with Gasteiger partial charge in [-0.1, -0.05) is 16.8 Å². The third-order valence-electron chi connectivity index (χ3n) is 0.977. The van der Waals surface area contributed by atoms with E-state index in [-0.39, 0.29) is 5.88 Å². The SMILES string of the molecule is Cc1noc(CCl)c1Cl. The van der Waals surface area contributed by atoms with Crippen LogP contribution in [-0.4, -0.2) is 5.16 Å². The topological polar surface area (TPSA) is 26.0 Å². The Morgan fingerprint density at radius 2 is 2.33 bits per heavy atom. The van der Waals surface area contributed by atoms with E-state index in [0.29, 0.717) is 16.5 Å². The molecular formula is C5H5Cl2NO. The van der Waals surface area contributed by atoms with Crippen molar-refractivity contribution in [3.05, 3.63) is 16.5 Å². The van der Waals surface area contributed by atoms with E-state index in [2.05, 4.69) is 5.16 Å². The van der Waals surface area contributed by atoms with Crippen LogP contribution < -0.4 is 0 Å². The molecule has 4 heteroatoms. The van der Waals surface area contributed by atoms with Gasteiger partial charge in [0, 0.05) is 0 Å². The minimum atomic E-state index is 0.277. The summed E-state index contributed by atoms with van der Waals surface area (Å²) in [4.78, 5) is 0.